The maximum Gasteiger partial charge on any atom is 0.218 e. The number of amides is 2. The summed E-state index contributed by atoms with van der Waals surface area (Å²) >= 11 is 0. The van der Waals surface area contributed by atoms with E-state index in [2.05, 4.69) is 41.6 Å². The third-order valence-corrected chi connectivity index (χ3v) is 4.43. The van der Waals surface area contributed by atoms with Crippen molar-refractivity contribution in [2.24, 2.45) is 5.92 Å². The molecule has 2 amide bonds. The van der Waals surface area contributed by atoms with E-state index in [0.29, 0.717) is 6.42 Å². The summed E-state index contributed by atoms with van der Waals surface area (Å²) in [5.41, 5.74) is 0.488. The molecule has 22 heavy (non-hydrogen) atoms. The molecule has 1 aliphatic heterocycles. The molecule has 1 saturated heterocycles. The van der Waals surface area contributed by atoms with Crippen molar-refractivity contribution in [2.45, 2.75) is 38.9 Å². The molecule has 0 bridgehead atoms. The van der Waals surface area contributed by atoms with Crippen LogP contribution >= 0.6 is 0 Å². The number of carbonyl (C=O) groups excluding carboxylic acids is 2. The van der Waals surface area contributed by atoms with Crippen LogP contribution in [-0.2, 0) is 9.59 Å². The summed E-state index contributed by atoms with van der Waals surface area (Å²) in [5, 5.41) is 6.00. The van der Waals surface area contributed by atoms with Gasteiger partial charge in [0, 0.05) is 38.8 Å². The van der Waals surface area contributed by atoms with Gasteiger partial charge in [0.05, 0.1) is 0 Å². The van der Waals surface area contributed by atoms with E-state index in [1.807, 2.05) is 18.2 Å². The second kappa shape index (κ2) is 6.48. The number of benzene rings is 1. The zero-order chi connectivity index (χ0) is 16.3. The van der Waals surface area contributed by atoms with Crippen LogP contribution in [0, 0.1) is 5.92 Å². The van der Waals surface area contributed by atoms with Gasteiger partial charge in [-0.15, -0.1) is 0 Å². The Balaban J connectivity index is 2.35. The minimum atomic E-state index is -0.704. The van der Waals surface area contributed by atoms with Crippen molar-refractivity contribution in [3.8, 4) is 0 Å². The Morgan fingerprint density at radius 3 is 2.18 bits per heavy atom. The first-order chi connectivity index (χ1) is 10.3. The molecule has 1 aromatic carbocycles. The summed E-state index contributed by atoms with van der Waals surface area (Å²) in [6.45, 7) is 5.84. The highest BCUT2D eigenvalue weighted by Gasteiger charge is 2.45. The number of nitrogens with one attached hydrogen (secondary N) is 2. The summed E-state index contributed by atoms with van der Waals surface area (Å²) in [5.74, 6) is -0.140. The van der Waals surface area contributed by atoms with Gasteiger partial charge in [0.25, 0.3) is 0 Å². The highest BCUT2D eigenvalue weighted by Crippen LogP contribution is 2.37. The van der Waals surface area contributed by atoms with Crippen LogP contribution in [0.1, 0.15) is 38.8 Å². The molecule has 5 heteroatoms. The molecular weight excluding hydrogens is 278 g/mol. The van der Waals surface area contributed by atoms with E-state index in [4.69, 9.17) is 0 Å². The van der Waals surface area contributed by atoms with Gasteiger partial charge in [-0.3, -0.25) is 14.5 Å². The molecule has 0 aromatic heterocycles. The van der Waals surface area contributed by atoms with E-state index < -0.39 is 5.66 Å². The SMILES string of the molecule is CC(=O)NC1(NC(C)=O)CC(c2ccccc2)N(C)CC1C. The molecule has 1 fully saturated rings. The molecule has 0 radical (unpaired) electrons. The summed E-state index contributed by atoms with van der Waals surface area (Å²) in [6.07, 6.45) is 0.647. The van der Waals surface area contributed by atoms with Gasteiger partial charge >= 0.3 is 0 Å². The lowest BCUT2D eigenvalue weighted by Gasteiger charge is -2.50. The molecule has 0 spiro atoms. The van der Waals surface area contributed by atoms with Crippen LogP contribution in [0.4, 0.5) is 0 Å². The molecule has 1 aliphatic rings. The van der Waals surface area contributed by atoms with Crippen molar-refractivity contribution in [3.05, 3.63) is 35.9 Å². The Hall–Kier alpha value is -1.88. The van der Waals surface area contributed by atoms with Crippen molar-refractivity contribution in [2.75, 3.05) is 13.6 Å². The second-order valence-corrected chi connectivity index (χ2v) is 6.30. The first-order valence-corrected chi connectivity index (χ1v) is 7.67. The summed E-state index contributed by atoms with van der Waals surface area (Å²) in [6, 6.07) is 10.3. The van der Waals surface area contributed by atoms with Crippen LogP contribution < -0.4 is 10.6 Å². The molecular formula is C17H25N3O2. The van der Waals surface area contributed by atoms with E-state index >= 15 is 0 Å². The fourth-order valence-electron chi connectivity index (χ4n) is 3.43. The first kappa shape index (κ1) is 16.5. The van der Waals surface area contributed by atoms with Crippen LogP contribution in [0.25, 0.3) is 0 Å². The smallest absolute Gasteiger partial charge is 0.218 e. The molecule has 1 heterocycles. The molecule has 2 atom stereocenters. The lowest BCUT2D eigenvalue weighted by Crippen LogP contribution is -2.68. The molecule has 5 nitrogen and oxygen atoms in total. The maximum atomic E-state index is 11.7. The topological polar surface area (TPSA) is 61.4 Å². The number of carbonyl (C=O) groups is 2. The summed E-state index contributed by atoms with van der Waals surface area (Å²) < 4.78 is 0. The number of piperidine rings is 1. The Kier molecular flexibility index (Phi) is 4.86. The second-order valence-electron chi connectivity index (χ2n) is 6.30. The highest BCUT2D eigenvalue weighted by molar-refractivity contribution is 5.77. The van der Waals surface area contributed by atoms with Gasteiger partial charge < -0.3 is 10.6 Å². The van der Waals surface area contributed by atoms with E-state index in [1.165, 1.54) is 19.4 Å². The van der Waals surface area contributed by atoms with E-state index in [9.17, 15) is 9.59 Å². The lowest BCUT2D eigenvalue weighted by molar-refractivity contribution is -0.129. The molecule has 1 aromatic rings. The third kappa shape index (κ3) is 3.47. The van der Waals surface area contributed by atoms with E-state index in [1.54, 1.807) is 0 Å². The highest BCUT2D eigenvalue weighted by atomic mass is 16.2. The van der Waals surface area contributed by atoms with Crippen molar-refractivity contribution in [1.29, 1.82) is 0 Å². The Morgan fingerprint density at radius 1 is 1.14 bits per heavy atom. The van der Waals surface area contributed by atoms with Crippen LogP contribution in [0.2, 0.25) is 0 Å². The predicted octanol–water partition coefficient (Wildman–Crippen LogP) is 1.67. The minimum Gasteiger partial charge on any atom is -0.333 e. The molecule has 120 valence electrons. The van der Waals surface area contributed by atoms with Gasteiger partial charge in [-0.05, 0) is 12.6 Å². The number of hydrogen-bond acceptors (Lipinski definition) is 3. The third-order valence-electron chi connectivity index (χ3n) is 4.43. The van der Waals surface area contributed by atoms with Crippen LogP contribution in [0.15, 0.2) is 30.3 Å². The number of nitrogens with zero attached hydrogens (tertiary/aromatic N) is 1. The van der Waals surface area contributed by atoms with Gasteiger partial charge in [-0.1, -0.05) is 37.3 Å². The maximum absolute atomic E-state index is 11.7. The van der Waals surface area contributed by atoms with Crippen LogP contribution in [0.5, 0.6) is 0 Å². The molecule has 2 rings (SSSR count). The van der Waals surface area contributed by atoms with Crippen LogP contribution in [0.3, 0.4) is 0 Å². The normalized spacial score (nSPS) is 24.5. The minimum absolute atomic E-state index is 0.116. The monoisotopic (exact) mass is 303 g/mol. The molecule has 0 aliphatic carbocycles. The predicted molar refractivity (Wildman–Crippen MR) is 86.0 cm³/mol. The fraction of sp³-hybridized carbons (Fsp3) is 0.529. The molecule has 0 saturated carbocycles. The van der Waals surface area contributed by atoms with E-state index in [-0.39, 0.29) is 23.8 Å². The van der Waals surface area contributed by atoms with Crippen molar-refractivity contribution >= 4 is 11.8 Å². The lowest BCUT2D eigenvalue weighted by atomic mass is 9.80. The zero-order valence-corrected chi connectivity index (χ0v) is 13.7. The first-order valence-electron chi connectivity index (χ1n) is 7.67. The van der Waals surface area contributed by atoms with Gasteiger partial charge in [-0.25, -0.2) is 0 Å². The number of rotatable bonds is 3. The van der Waals surface area contributed by atoms with Crippen molar-refractivity contribution in [1.82, 2.24) is 15.5 Å². The standard InChI is InChI=1S/C17H25N3O2/c1-12-11-20(4)16(15-8-6-5-7-9-15)10-17(12,18-13(2)21)19-14(3)22/h5-9,12,16H,10-11H2,1-4H3,(H,18,21)(H,19,22). The average molecular weight is 303 g/mol. The van der Waals surface area contributed by atoms with Gasteiger partial charge in [0.1, 0.15) is 5.66 Å². The van der Waals surface area contributed by atoms with Crippen molar-refractivity contribution in [3.63, 3.8) is 0 Å². The Bertz CT molecular complexity index is 528. The number of hydrogen-bond donors (Lipinski definition) is 2. The fourth-order valence-corrected chi connectivity index (χ4v) is 3.43. The van der Waals surface area contributed by atoms with Gasteiger partial charge in [0.15, 0.2) is 0 Å². The quantitative estimate of drug-likeness (QED) is 0.835. The Morgan fingerprint density at radius 2 is 1.68 bits per heavy atom. The van der Waals surface area contributed by atoms with E-state index in [0.717, 1.165) is 6.54 Å². The molecule has 2 N–H and O–H groups in total. The largest absolute Gasteiger partial charge is 0.333 e. The average Bonchev–Trinajstić information content (AvgIpc) is 2.42. The molecule has 2 unspecified atom stereocenters. The van der Waals surface area contributed by atoms with Gasteiger partial charge in [0.2, 0.25) is 11.8 Å². The van der Waals surface area contributed by atoms with Crippen molar-refractivity contribution < 1.29 is 9.59 Å². The summed E-state index contributed by atoms with van der Waals surface area (Å²) in [4.78, 5) is 25.7. The Labute approximate surface area is 132 Å². The number of likely N-dealkylation sites (tertiary alicyclic amines) is 1. The van der Waals surface area contributed by atoms with Gasteiger partial charge in [-0.2, -0.15) is 0 Å². The van der Waals surface area contributed by atoms with Crippen LogP contribution in [-0.4, -0.2) is 36.0 Å². The summed E-state index contributed by atoms with van der Waals surface area (Å²) in [7, 11) is 2.08. The zero-order valence-electron chi connectivity index (χ0n) is 13.7.